The van der Waals surface area contributed by atoms with E-state index in [4.69, 9.17) is 23.2 Å². The molecule has 0 bridgehead atoms. The Hall–Kier alpha value is -1.61. The van der Waals surface area contributed by atoms with Crippen LogP contribution in [0.3, 0.4) is 0 Å². The third kappa shape index (κ3) is 3.58. The second-order valence-corrected chi connectivity index (χ2v) is 6.65. The van der Waals surface area contributed by atoms with Crippen LogP contribution in [0.2, 0.25) is 10.0 Å². The molecular formula is C18H13Cl2NS. The van der Waals surface area contributed by atoms with Crippen molar-refractivity contribution >= 4 is 46.7 Å². The largest absolute Gasteiger partial charge is 0.237 e. The molecule has 0 aliphatic heterocycles. The monoisotopic (exact) mass is 345 g/mol. The smallest absolute Gasteiger partial charge is 0.116 e. The lowest BCUT2D eigenvalue weighted by molar-refractivity contribution is 1.37. The van der Waals surface area contributed by atoms with Crippen LogP contribution in [0.25, 0.3) is 23.4 Å². The van der Waals surface area contributed by atoms with E-state index in [1.54, 1.807) is 17.4 Å². The molecular weight excluding hydrogens is 333 g/mol. The Kier molecular flexibility index (Phi) is 4.63. The fraction of sp³-hybridized carbons (Fsp3) is 0.0556. The van der Waals surface area contributed by atoms with Crippen molar-refractivity contribution < 1.29 is 0 Å². The number of nitrogens with zero attached hydrogens (tertiary/aromatic N) is 1. The van der Waals surface area contributed by atoms with Gasteiger partial charge in [-0.05, 0) is 30.7 Å². The van der Waals surface area contributed by atoms with Crippen molar-refractivity contribution in [2.75, 3.05) is 0 Å². The van der Waals surface area contributed by atoms with E-state index < -0.39 is 0 Å². The maximum absolute atomic E-state index is 6.01. The quantitative estimate of drug-likeness (QED) is 0.521. The first-order valence-electron chi connectivity index (χ1n) is 6.77. The van der Waals surface area contributed by atoms with Gasteiger partial charge < -0.3 is 0 Å². The molecule has 110 valence electrons. The van der Waals surface area contributed by atoms with Gasteiger partial charge in [0, 0.05) is 10.9 Å². The van der Waals surface area contributed by atoms with Crippen molar-refractivity contribution in [3.63, 3.8) is 0 Å². The van der Waals surface area contributed by atoms with Gasteiger partial charge in [0.2, 0.25) is 0 Å². The summed E-state index contributed by atoms with van der Waals surface area (Å²) in [5.41, 5.74) is 4.38. The summed E-state index contributed by atoms with van der Waals surface area (Å²) >= 11 is 13.5. The van der Waals surface area contributed by atoms with Crippen LogP contribution in [0, 0.1) is 6.92 Å². The minimum Gasteiger partial charge on any atom is -0.237 e. The predicted octanol–water partition coefficient (Wildman–Crippen LogP) is 6.60. The van der Waals surface area contributed by atoms with Gasteiger partial charge in [0.15, 0.2) is 0 Å². The van der Waals surface area contributed by atoms with Gasteiger partial charge in [-0.2, -0.15) is 0 Å². The Bertz CT molecular complexity index is 819. The van der Waals surface area contributed by atoms with Crippen molar-refractivity contribution in [1.82, 2.24) is 4.98 Å². The van der Waals surface area contributed by atoms with Crippen molar-refractivity contribution in [3.05, 3.63) is 74.0 Å². The first kappa shape index (κ1) is 15.3. The molecule has 0 saturated heterocycles. The van der Waals surface area contributed by atoms with Crippen LogP contribution in [0.4, 0.5) is 0 Å². The molecule has 0 aliphatic carbocycles. The molecule has 22 heavy (non-hydrogen) atoms. The van der Waals surface area contributed by atoms with E-state index in [0.717, 1.165) is 21.8 Å². The van der Waals surface area contributed by atoms with Gasteiger partial charge in [-0.25, -0.2) is 4.98 Å². The highest BCUT2D eigenvalue weighted by Crippen LogP contribution is 2.25. The fourth-order valence-electron chi connectivity index (χ4n) is 2.00. The molecule has 1 heterocycles. The Balaban J connectivity index is 1.80. The molecule has 0 atom stereocenters. The van der Waals surface area contributed by atoms with Crippen molar-refractivity contribution in [3.8, 4) is 11.3 Å². The average molecular weight is 346 g/mol. The second-order valence-electron chi connectivity index (χ2n) is 4.94. The molecule has 4 heteroatoms. The van der Waals surface area contributed by atoms with E-state index in [9.17, 15) is 0 Å². The molecule has 0 aliphatic rings. The standard InChI is InChI=1S/C18H13Cl2NS/c1-12-2-6-14(7-3-12)17-11-22-18(21-17)9-5-13-4-8-15(19)16(20)10-13/h2-11H,1H3/b9-5+. The summed E-state index contributed by atoms with van der Waals surface area (Å²) in [4.78, 5) is 4.64. The van der Waals surface area contributed by atoms with Gasteiger partial charge in [-0.15, -0.1) is 11.3 Å². The van der Waals surface area contributed by atoms with E-state index in [-0.39, 0.29) is 0 Å². The van der Waals surface area contributed by atoms with Crippen LogP contribution in [0.5, 0.6) is 0 Å². The highest BCUT2D eigenvalue weighted by molar-refractivity contribution is 7.10. The number of rotatable bonds is 3. The maximum Gasteiger partial charge on any atom is 0.116 e. The molecule has 1 aromatic heterocycles. The first-order chi connectivity index (χ1) is 10.6. The molecule has 0 spiro atoms. The van der Waals surface area contributed by atoms with Crippen LogP contribution in [-0.2, 0) is 0 Å². The summed E-state index contributed by atoms with van der Waals surface area (Å²) in [6.45, 7) is 2.08. The predicted molar refractivity (Wildman–Crippen MR) is 97.7 cm³/mol. The van der Waals surface area contributed by atoms with Crippen molar-refractivity contribution in [1.29, 1.82) is 0 Å². The zero-order valence-electron chi connectivity index (χ0n) is 11.9. The molecule has 2 aromatic carbocycles. The van der Waals surface area contributed by atoms with Gasteiger partial charge in [0.1, 0.15) is 5.01 Å². The third-order valence-electron chi connectivity index (χ3n) is 3.23. The lowest BCUT2D eigenvalue weighted by Gasteiger charge is -1.97. The molecule has 0 radical (unpaired) electrons. The van der Waals surface area contributed by atoms with Crippen LogP contribution in [-0.4, -0.2) is 4.98 Å². The minimum atomic E-state index is 0.559. The van der Waals surface area contributed by atoms with E-state index in [2.05, 4.69) is 41.6 Å². The fourth-order valence-corrected chi connectivity index (χ4v) is 3.03. The van der Waals surface area contributed by atoms with E-state index in [0.29, 0.717) is 10.0 Å². The summed E-state index contributed by atoms with van der Waals surface area (Å²) in [7, 11) is 0. The van der Waals surface area contributed by atoms with E-state index in [1.165, 1.54) is 5.56 Å². The summed E-state index contributed by atoms with van der Waals surface area (Å²) in [5, 5.41) is 4.15. The van der Waals surface area contributed by atoms with Crippen LogP contribution < -0.4 is 0 Å². The van der Waals surface area contributed by atoms with Gasteiger partial charge in [-0.1, -0.05) is 65.2 Å². The normalized spacial score (nSPS) is 11.2. The highest BCUT2D eigenvalue weighted by Gasteiger charge is 2.02. The molecule has 3 aromatic rings. The first-order valence-corrected chi connectivity index (χ1v) is 8.41. The topological polar surface area (TPSA) is 12.9 Å². The minimum absolute atomic E-state index is 0.559. The SMILES string of the molecule is Cc1ccc(-c2csc(/C=C/c3ccc(Cl)c(Cl)c3)n2)cc1. The average Bonchev–Trinajstić information content (AvgIpc) is 2.98. The lowest BCUT2D eigenvalue weighted by atomic mass is 10.1. The van der Waals surface area contributed by atoms with E-state index >= 15 is 0 Å². The number of halogens is 2. The van der Waals surface area contributed by atoms with Crippen LogP contribution >= 0.6 is 34.5 Å². The molecule has 0 fully saturated rings. The van der Waals surface area contributed by atoms with Gasteiger partial charge in [-0.3, -0.25) is 0 Å². The van der Waals surface area contributed by atoms with Crippen LogP contribution in [0.15, 0.2) is 47.8 Å². The highest BCUT2D eigenvalue weighted by atomic mass is 35.5. The van der Waals surface area contributed by atoms with Gasteiger partial charge in [0.25, 0.3) is 0 Å². The van der Waals surface area contributed by atoms with E-state index in [1.807, 2.05) is 24.3 Å². The summed E-state index contributed by atoms with van der Waals surface area (Å²) in [6.07, 6.45) is 3.97. The number of hydrogen-bond donors (Lipinski definition) is 0. The molecule has 1 nitrogen and oxygen atoms in total. The third-order valence-corrected chi connectivity index (χ3v) is 4.78. The molecule has 0 N–H and O–H groups in total. The molecule has 0 amide bonds. The van der Waals surface area contributed by atoms with Gasteiger partial charge in [0.05, 0.1) is 15.7 Å². The van der Waals surface area contributed by atoms with Crippen LogP contribution in [0.1, 0.15) is 16.1 Å². The van der Waals surface area contributed by atoms with Gasteiger partial charge >= 0.3 is 0 Å². The molecule has 3 rings (SSSR count). The number of hydrogen-bond acceptors (Lipinski definition) is 2. The Morgan fingerprint density at radius 3 is 2.45 bits per heavy atom. The number of benzene rings is 2. The maximum atomic E-state index is 6.01. The van der Waals surface area contributed by atoms with Crippen molar-refractivity contribution in [2.24, 2.45) is 0 Å². The number of aromatic nitrogens is 1. The molecule has 0 unspecified atom stereocenters. The zero-order valence-corrected chi connectivity index (χ0v) is 14.2. The number of aryl methyl sites for hydroxylation is 1. The van der Waals surface area contributed by atoms with Crippen molar-refractivity contribution in [2.45, 2.75) is 6.92 Å². The zero-order chi connectivity index (χ0) is 15.5. The second kappa shape index (κ2) is 6.66. The summed E-state index contributed by atoms with van der Waals surface area (Å²) in [5.74, 6) is 0. The Morgan fingerprint density at radius 1 is 0.955 bits per heavy atom. The Labute approximate surface area is 143 Å². The number of thiazole rings is 1. The molecule has 0 saturated carbocycles. The lowest BCUT2D eigenvalue weighted by Crippen LogP contribution is -1.79. The Morgan fingerprint density at radius 2 is 1.73 bits per heavy atom. The summed E-state index contributed by atoms with van der Waals surface area (Å²) in [6, 6.07) is 13.9. The summed E-state index contributed by atoms with van der Waals surface area (Å²) < 4.78 is 0.